The summed E-state index contributed by atoms with van der Waals surface area (Å²) < 4.78 is 43.3. The summed E-state index contributed by atoms with van der Waals surface area (Å²) >= 11 is 2.11. The number of amides is 2. The van der Waals surface area contributed by atoms with Gasteiger partial charge in [-0.2, -0.15) is 18.3 Å². The third-order valence-corrected chi connectivity index (χ3v) is 7.02. The number of hydrazone groups is 1. The first-order valence-corrected chi connectivity index (χ1v) is 11.9. The molecule has 8 nitrogen and oxygen atoms in total. The highest BCUT2D eigenvalue weighted by Gasteiger charge is 2.30. The van der Waals surface area contributed by atoms with E-state index in [0.717, 1.165) is 34.8 Å². The number of hydrogen-bond donors (Lipinski definition) is 3. The topological polar surface area (TPSA) is 117 Å². The number of carbonyl (C=O) groups excluding carboxylic acids is 2. The molecule has 0 atom stereocenters. The molecule has 0 aliphatic heterocycles. The lowest BCUT2D eigenvalue weighted by atomic mass is 10.1. The summed E-state index contributed by atoms with van der Waals surface area (Å²) in [6.07, 6.45) is -2.99. The second-order valence-corrected chi connectivity index (χ2v) is 9.33. The van der Waals surface area contributed by atoms with Gasteiger partial charge in [-0.3, -0.25) is 9.59 Å². The van der Waals surface area contributed by atoms with Crippen LogP contribution >= 0.6 is 22.7 Å². The van der Waals surface area contributed by atoms with Crippen molar-refractivity contribution in [3.63, 3.8) is 0 Å². The van der Waals surface area contributed by atoms with Crippen LogP contribution in [0.1, 0.15) is 43.2 Å². The molecule has 4 rings (SSSR count). The van der Waals surface area contributed by atoms with Gasteiger partial charge in [0.15, 0.2) is 5.76 Å². The van der Waals surface area contributed by atoms with Gasteiger partial charge in [-0.25, -0.2) is 5.43 Å². The van der Waals surface area contributed by atoms with Crippen molar-refractivity contribution in [1.29, 1.82) is 0 Å². The summed E-state index contributed by atoms with van der Waals surface area (Å²) in [5.74, 6) is -0.599. The molecule has 3 heterocycles. The Morgan fingerprint density at radius 1 is 1.08 bits per heavy atom. The number of aromatic hydroxyl groups is 1. The molecular weight excluding hydrogens is 517 g/mol. The third kappa shape index (κ3) is 5.63. The van der Waals surface area contributed by atoms with E-state index in [4.69, 9.17) is 4.52 Å². The number of nitrogens with zero attached hydrogens (tertiary/aromatic N) is 2. The Bertz CT molecular complexity index is 1410. The Morgan fingerprint density at radius 2 is 1.78 bits per heavy atom. The predicted molar refractivity (Wildman–Crippen MR) is 128 cm³/mol. The number of halogens is 3. The highest BCUT2D eigenvalue weighted by Crippen LogP contribution is 2.40. The van der Waals surface area contributed by atoms with Crippen LogP contribution < -0.4 is 10.7 Å². The fourth-order valence-electron chi connectivity index (χ4n) is 3.04. The Balaban J connectivity index is 1.40. The molecule has 36 heavy (non-hydrogen) atoms. The van der Waals surface area contributed by atoms with Gasteiger partial charge in [-0.05, 0) is 36.8 Å². The van der Waals surface area contributed by atoms with Crippen molar-refractivity contribution in [2.75, 3.05) is 0 Å². The molecule has 13 heteroatoms. The van der Waals surface area contributed by atoms with Crippen LogP contribution in [0.15, 0.2) is 63.7 Å². The molecule has 0 fully saturated rings. The first-order valence-electron chi connectivity index (χ1n) is 10.2. The number of aromatic nitrogens is 1. The van der Waals surface area contributed by atoms with E-state index in [9.17, 15) is 27.9 Å². The fourth-order valence-corrected chi connectivity index (χ4v) is 4.87. The van der Waals surface area contributed by atoms with Crippen molar-refractivity contribution in [2.24, 2.45) is 5.10 Å². The van der Waals surface area contributed by atoms with Crippen LogP contribution in [0, 0.1) is 0 Å². The van der Waals surface area contributed by atoms with Crippen LogP contribution in [0.2, 0.25) is 0 Å². The Hall–Kier alpha value is -3.97. The maximum Gasteiger partial charge on any atom is 0.416 e. The zero-order valence-electron chi connectivity index (χ0n) is 18.4. The predicted octanol–water partition coefficient (Wildman–Crippen LogP) is 5.27. The monoisotopic (exact) mass is 534 g/mol. The molecule has 0 saturated carbocycles. The first kappa shape index (κ1) is 25.1. The average Bonchev–Trinajstić information content (AvgIpc) is 3.61. The molecule has 186 valence electrons. The summed E-state index contributed by atoms with van der Waals surface area (Å²) in [5.41, 5.74) is 2.63. The molecule has 0 aliphatic carbocycles. The summed E-state index contributed by atoms with van der Waals surface area (Å²) in [4.78, 5) is 25.7. The van der Waals surface area contributed by atoms with Crippen molar-refractivity contribution in [2.45, 2.75) is 19.6 Å². The van der Waals surface area contributed by atoms with Crippen molar-refractivity contribution in [3.8, 4) is 16.2 Å². The first-order chi connectivity index (χ1) is 17.1. The third-order valence-electron chi connectivity index (χ3n) is 4.92. The van der Waals surface area contributed by atoms with E-state index in [2.05, 4.69) is 21.0 Å². The minimum Gasteiger partial charge on any atom is -0.506 e. The van der Waals surface area contributed by atoms with Crippen molar-refractivity contribution < 1.29 is 32.4 Å². The molecule has 0 bridgehead atoms. The maximum absolute atomic E-state index is 12.8. The zero-order chi connectivity index (χ0) is 25.9. The molecule has 3 N–H and O–H groups in total. The van der Waals surface area contributed by atoms with Gasteiger partial charge in [0.05, 0.1) is 44.2 Å². The molecule has 0 radical (unpaired) electrons. The van der Waals surface area contributed by atoms with Crippen molar-refractivity contribution in [1.82, 2.24) is 15.9 Å². The van der Waals surface area contributed by atoms with E-state index in [1.54, 1.807) is 18.4 Å². The summed E-state index contributed by atoms with van der Waals surface area (Å²) in [6.45, 7) is 1.72. The minimum absolute atomic E-state index is 0.153. The lowest BCUT2D eigenvalue weighted by Crippen LogP contribution is -2.21. The van der Waals surface area contributed by atoms with Gasteiger partial charge >= 0.3 is 6.18 Å². The van der Waals surface area contributed by atoms with Crippen molar-refractivity contribution >= 4 is 40.2 Å². The van der Waals surface area contributed by atoms with Crippen LogP contribution in [-0.4, -0.2) is 27.8 Å². The Labute approximate surface area is 210 Å². The molecular formula is C23H17F3N4O4S2. The smallest absolute Gasteiger partial charge is 0.416 e. The van der Waals surface area contributed by atoms with Crippen LogP contribution in [-0.2, 0) is 12.7 Å². The number of alkyl halides is 3. The highest BCUT2D eigenvalue weighted by molar-refractivity contribution is 7.16. The van der Waals surface area contributed by atoms with Gasteiger partial charge in [0, 0.05) is 11.4 Å². The normalized spacial score (nSPS) is 11.9. The van der Waals surface area contributed by atoms with Gasteiger partial charge in [0.2, 0.25) is 0 Å². The van der Waals surface area contributed by atoms with Crippen LogP contribution in [0.25, 0.3) is 10.4 Å². The van der Waals surface area contributed by atoms with Crippen LogP contribution in [0.3, 0.4) is 0 Å². The number of nitrogens with one attached hydrogen (secondary N) is 2. The van der Waals surface area contributed by atoms with Gasteiger partial charge in [-0.1, -0.05) is 17.3 Å². The van der Waals surface area contributed by atoms with Crippen LogP contribution in [0.4, 0.5) is 13.2 Å². The fraction of sp³-hybridized carbons (Fsp3) is 0.130. The van der Waals surface area contributed by atoms with Gasteiger partial charge in [0.25, 0.3) is 11.8 Å². The Kier molecular flexibility index (Phi) is 7.22. The van der Waals surface area contributed by atoms with E-state index in [0.29, 0.717) is 26.6 Å². The van der Waals surface area contributed by atoms with Gasteiger partial charge in [0.1, 0.15) is 5.75 Å². The number of benzene rings is 1. The number of hydrogen-bond acceptors (Lipinski definition) is 8. The standard InChI is InChI=1S/C23H17F3N4O4S2/c1-12(16-11-35-20(19(16)31)13-2-4-14(5-3-13)23(24,25)26)29-30-22(33)18-7-6-17(36-18)21(32)27-10-15-8-9-28-34-15/h2-9,11,31H,10H2,1H3,(H,27,32)(H,30,33). The number of carbonyl (C=O) groups is 2. The van der Waals surface area contributed by atoms with E-state index in [1.165, 1.54) is 30.5 Å². The molecule has 0 saturated heterocycles. The Morgan fingerprint density at radius 3 is 2.42 bits per heavy atom. The minimum atomic E-state index is -4.45. The molecule has 0 spiro atoms. The van der Waals surface area contributed by atoms with Crippen molar-refractivity contribution in [3.05, 3.63) is 80.7 Å². The van der Waals surface area contributed by atoms with Gasteiger partial charge in [-0.15, -0.1) is 22.7 Å². The second-order valence-electron chi connectivity index (χ2n) is 7.37. The lowest BCUT2D eigenvalue weighted by molar-refractivity contribution is -0.137. The summed E-state index contributed by atoms with van der Waals surface area (Å²) in [6, 6.07) is 9.06. The molecule has 4 aromatic rings. The second kappa shape index (κ2) is 10.3. The largest absolute Gasteiger partial charge is 0.506 e. The summed E-state index contributed by atoms with van der Waals surface area (Å²) in [7, 11) is 0. The molecule has 2 amide bonds. The number of thiophene rings is 2. The van der Waals surface area contributed by atoms with E-state index >= 15 is 0 Å². The van der Waals surface area contributed by atoms with Crippen LogP contribution in [0.5, 0.6) is 5.75 Å². The number of rotatable bonds is 7. The average molecular weight is 535 g/mol. The van der Waals surface area contributed by atoms with E-state index < -0.39 is 17.6 Å². The molecule has 0 aliphatic rings. The quantitative estimate of drug-likeness (QED) is 0.221. The SMILES string of the molecule is CC(=NNC(=O)c1ccc(C(=O)NCc2ccno2)s1)c1csc(-c2ccc(C(F)(F)F)cc2)c1O. The molecule has 0 unspecified atom stereocenters. The zero-order valence-corrected chi connectivity index (χ0v) is 20.1. The van der Waals surface area contributed by atoms with Gasteiger partial charge < -0.3 is 14.9 Å². The highest BCUT2D eigenvalue weighted by atomic mass is 32.1. The van der Waals surface area contributed by atoms with E-state index in [-0.39, 0.29) is 28.8 Å². The van der Waals surface area contributed by atoms with E-state index in [1.807, 2.05) is 0 Å². The molecule has 1 aromatic carbocycles. The molecule has 3 aromatic heterocycles. The maximum atomic E-state index is 12.8. The summed E-state index contributed by atoms with van der Waals surface area (Å²) in [5, 5.41) is 22.4. The lowest BCUT2D eigenvalue weighted by Gasteiger charge is -2.07.